The van der Waals surface area contributed by atoms with Gasteiger partial charge in [0, 0.05) is 31.5 Å². The molecule has 0 radical (unpaired) electrons. The molecule has 166 valence electrons. The van der Waals surface area contributed by atoms with Crippen molar-refractivity contribution in [2.24, 2.45) is 11.8 Å². The van der Waals surface area contributed by atoms with Crippen molar-refractivity contribution in [1.29, 1.82) is 0 Å². The summed E-state index contributed by atoms with van der Waals surface area (Å²) in [5.74, 6) is 2.05. The van der Waals surface area contributed by atoms with Gasteiger partial charge in [0.15, 0.2) is 0 Å². The molecule has 1 unspecified atom stereocenters. The van der Waals surface area contributed by atoms with Gasteiger partial charge >= 0.3 is 0 Å². The smallest absolute Gasteiger partial charge is 0.272 e. The van der Waals surface area contributed by atoms with E-state index in [1.54, 1.807) is 0 Å². The largest absolute Gasteiger partial charge is 0.477 e. The topological polar surface area (TPSA) is 80.3 Å². The Morgan fingerprint density at radius 3 is 2.65 bits per heavy atom. The third kappa shape index (κ3) is 4.61. The molecule has 3 fully saturated rings. The number of rotatable bonds is 8. The molecule has 5 rings (SSSR count). The summed E-state index contributed by atoms with van der Waals surface area (Å²) in [5, 5.41) is 7.46. The van der Waals surface area contributed by atoms with E-state index in [1.807, 2.05) is 31.0 Å². The number of nitrogens with zero attached hydrogens (tertiary/aromatic N) is 3. The number of amides is 1. The number of nitrogens with one attached hydrogen (secondary N) is 1. The second kappa shape index (κ2) is 8.61. The lowest BCUT2D eigenvalue weighted by Crippen LogP contribution is -2.33. The summed E-state index contributed by atoms with van der Waals surface area (Å²) in [4.78, 5) is 19.9. The highest BCUT2D eigenvalue weighted by Crippen LogP contribution is 2.45. The highest BCUT2D eigenvalue weighted by molar-refractivity contribution is 5.92. The van der Waals surface area contributed by atoms with Crippen LogP contribution in [0.3, 0.4) is 0 Å². The third-order valence-corrected chi connectivity index (χ3v) is 6.76. The number of carbonyl (C=O) groups excluding carboxylic acids is 1. The van der Waals surface area contributed by atoms with Crippen molar-refractivity contribution in [2.75, 3.05) is 26.9 Å². The van der Waals surface area contributed by atoms with E-state index in [1.165, 1.54) is 12.8 Å². The average Bonchev–Trinajstić information content (AvgIpc) is 3.72. The maximum atomic E-state index is 13.4. The Kier molecular flexibility index (Phi) is 5.69. The summed E-state index contributed by atoms with van der Waals surface area (Å²) >= 11 is 0. The summed E-state index contributed by atoms with van der Waals surface area (Å²) < 4.78 is 11.7. The molecule has 1 amide bonds. The second-order valence-electron chi connectivity index (χ2n) is 9.41. The van der Waals surface area contributed by atoms with Crippen LogP contribution in [0.2, 0.25) is 0 Å². The molecule has 0 bridgehead atoms. The van der Waals surface area contributed by atoms with E-state index in [-0.39, 0.29) is 11.9 Å². The Morgan fingerprint density at radius 2 is 2.00 bits per heavy atom. The minimum absolute atomic E-state index is 0.0195. The second-order valence-corrected chi connectivity index (χ2v) is 9.41. The van der Waals surface area contributed by atoms with Crippen molar-refractivity contribution in [3.05, 3.63) is 40.8 Å². The van der Waals surface area contributed by atoms with E-state index in [0.717, 1.165) is 55.8 Å². The lowest BCUT2D eigenvalue weighted by atomic mass is 10.0. The van der Waals surface area contributed by atoms with E-state index in [0.29, 0.717) is 35.9 Å². The summed E-state index contributed by atoms with van der Waals surface area (Å²) in [6.07, 6.45) is 6.64. The highest BCUT2D eigenvalue weighted by atomic mass is 16.5. The van der Waals surface area contributed by atoms with Gasteiger partial charge in [-0.3, -0.25) is 9.89 Å². The van der Waals surface area contributed by atoms with Gasteiger partial charge in [-0.15, -0.1) is 0 Å². The Hall–Kier alpha value is -2.41. The minimum atomic E-state index is -0.0733. The zero-order valence-electron chi connectivity index (χ0n) is 18.5. The van der Waals surface area contributed by atoms with E-state index in [9.17, 15) is 4.79 Å². The van der Waals surface area contributed by atoms with Gasteiger partial charge in [-0.25, -0.2) is 4.98 Å². The number of pyridine rings is 1. The zero-order chi connectivity index (χ0) is 21.4. The van der Waals surface area contributed by atoms with Crippen molar-refractivity contribution >= 4 is 5.91 Å². The Balaban J connectivity index is 1.35. The SMILES string of the molecule is Cc1cc(C(C2CC2)N(C)C(=O)c2ccc(C3CC3)c(OCC3CCOCC3)n2)n[nH]1. The van der Waals surface area contributed by atoms with Gasteiger partial charge in [-0.05, 0) is 75.3 Å². The molecule has 2 saturated carbocycles. The molecule has 0 aromatic carbocycles. The van der Waals surface area contributed by atoms with Crippen LogP contribution in [0.15, 0.2) is 18.2 Å². The molecular weight excluding hydrogens is 392 g/mol. The fraction of sp³-hybridized carbons (Fsp3) is 0.625. The van der Waals surface area contributed by atoms with Crippen LogP contribution in [0.4, 0.5) is 0 Å². The molecule has 3 aliphatic rings. The van der Waals surface area contributed by atoms with E-state index >= 15 is 0 Å². The van der Waals surface area contributed by atoms with Crippen LogP contribution >= 0.6 is 0 Å². The van der Waals surface area contributed by atoms with Gasteiger partial charge in [-0.1, -0.05) is 6.07 Å². The van der Waals surface area contributed by atoms with Crippen molar-refractivity contribution in [2.45, 2.75) is 57.4 Å². The van der Waals surface area contributed by atoms with E-state index in [4.69, 9.17) is 14.5 Å². The summed E-state index contributed by atoms with van der Waals surface area (Å²) in [7, 11) is 1.87. The molecule has 1 saturated heterocycles. The first-order valence-corrected chi connectivity index (χ1v) is 11.6. The molecule has 2 aromatic rings. The first-order valence-electron chi connectivity index (χ1n) is 11.6. The van der Waals surface area contributed by atoms with E-state index < -0.39 is 0 Å². The minimum Gasteiger partial charge on any atom is -0.477 e. The Morgan fingerprint density at radius 1 is 1.23 bits per heavy atom. The van der Waals surface area contributed by atoms with Crippen LogP contribution in [-0.2, 0) is 4.74 Å². The number of aromatic nitrogens is 3. The number of ether oxygens (including phenoxy) is 2. The van der Waals surface area contributed by atoms with Crippen LogP contribution < -0.4 is 4.74 Å². The first kappa shape index (κ1) is 20.5. The number of aromatic amines is 1. The molecule has 2 aromatic heterocycles. The number of hydrogen-bond donors (Lipinski definition) is 1. The summed E-state index contributed by atoms with van der Waals surface area (Å²) in [5.41, 5.74) is 3.54. The number of aryl methyl sites for hydroxylation is 1. The monoisotopic (exact) mass is 424 g/mol. The average molecular weight is 425 g/mol. The molecule has 1 N–H and O–H groups in total. The standard InChI is InChI=1S/C24H32N4O3/c1-15-13-21(27-26-15)22(18-5-6-18)28(2)24(29)20-8-7-19(17-3-4-17)23(25-20)31-14-16-9-11-30-12-10-16/h7-8,13,16-18,22H,3-6,9-12,14H2,1-2H3,(H,26,27). The van der Waals surface area contributed by atoms with Crippen LogP contribution in [0, 0.1) is 18.8 Å². The fourth-order valence-electron chi connectivity index (χ4n) is 4.57. The molecule has 2 aliphatic carbocycles. The van der Waals surface area contributed by atoms with Gasteiger partial charge in [0.05, 0.1) is 18.3 Å². The molecule has 7 nitrogen and oxygen atoms in total. The maximum Gasteiger partial charge on any atom is 0.272 e. The molecule has 3 heterocycles. The Bertz CT molecular complexity index is 929. The quantitative estimate of drug-likeness (QED) is 0.692. The van der Waals surface area contributed by atoms with Gasteiger partial charge in [0.25, 0.3) is 5.91 Å². The maximum absolute atomic E-state index is 13.4. The first-order chi connectivity index (χ1) is 15.1. The van der Waals surface area contributed by atoms with Gasteiger partial charge in [0.1, 0.15) is 5.69 Å². The predicted octanol–water partition coefficient (Wildman–Crippen LogP) is 4.02. The lowest BCUT2D eigenvalue weighted by Gasteiger charge is -2.27. The predicted molar refractivity (Wildman–Crippen MR) is 116 cm³/mol. The zero-order valence-corrected chi connectivity index (χ0v) is 18.5. The van der Waals surface area contributed by atoms with Gasteiger partial charge < -0.3 is 14.4 Å². The fourth-order valence-corrected chi connectivity index (χ4v) is 4.57. The van der Waals surface area contributed by atoms with Gasteiger partial charge in [0.2, 0.25) is 5.88 Å². The normalized spacial score (nSPS) is 20.5. The Labute approximate surface area is 183 Å². The van der Waals surface area contributed by atoms with Crippen molar-refractivity contribution < 1.29 is 14.3 Å². The molecule has 0 spiro atoms. The van der Waals surface area contributed by atoms with Crippen LogP contribution in [0.25, 0.3) is 0 Å². The molecule has 1 aliphatic heterocycles. The molecular formula is C24H32N4O3. The molecule has 1 atom stereocenters. The number of carbonyl (C=O) groups is 1. The van der Waals surface area contributed by atoms with Crippen molar-refractivity contribution in [3.63, 3.8) is 0 Å². The highest BCUT2D eigenvalue weighted by Gasteiger charge is 2.39. The van der Waals surface area contributed by atoms with Crippen molar-refractivity contribution in [1.82, 2.24) is 20.1 Å². The molecule has 7 heteroatoms. The number of H-pyrrole nitrogens is 1. The van der Waals surface area contributed by atoms with Crippen LogP contribution in [-0.4, -0.2) is 52.9 Å². The lowest BCUT2D eigenvalue weighted by molar-refractivity contribution is 0.0487. The summed E-state index contributed by atoms with van der Waals surface area (Å²) in [6, 6.07) is 5.94. The van der Waals surface area contributed by atoms with Crippen molar-refractivity contribution in [3.8, 4) is 5.88 Å². The van der Waals surface area contributed by atoms with E-state index in [2.05, 4.69) is 16.3 Å². The number of hydrogen-bond acceptors (Lipinski definition) is 5. The third-order valence-electron chi connectivity index (χ3n) is 6.76. The summed E-state index contributed by atoms with van der Waals surface area (Å²) in [6.45, 7) is 4.23. The van der Waals surface area contributed by atoms with Crippen LogP contribution in [0.5, 0.6) is 5.88 Å². The van der Waals surface area contributed by atoms with Gasteiger partial charge in [-0.2, -0.15) is 5.10 Å². The molecule has 31 heavy (non-hydrogen) atoms. The van der Waals surface area contributed by atoms with Crippen LogP contribution in [0.1, 0.15) is 77.9 Å².